The van der Waals surface area contributed by atoms with Crippen molar-refractivity contribution in [3.8, 4) is 0 Å². The van der Waals surface area contributed by atoms with Crippen molar-refractivity contribution in [2.75, 3.05) is 0 Å². The summed E-state index contributed by atoms with van der Waals surface area (Å²) in [6, 6.07) is 0. The summed E-state index contributed by atoms with van der Waals surface area (Å²) in [5.74, 6) is 0. The van der Waals surface area contributed by atoms with E-state index in [0.29, 0.717) is 0 Å². The normalized spacial score (nSPS) is 8.29. The van der Waals surface area contributed by atoms with Gasteiger partial charge in [0, 0.05) is 11.2 Å². The van der Waals surface area contributed by atoms with E-state index < -0.39 is 9.05 Å². The van der Waals surface area contributed by atoms with E-state index in [0.717, 1.165) is 0 Å². The third-order valence-corrected chi connectivity index (χ3v) is 0. The molecule has 0 aromatic rings. The maximum absolute atomic E-state index is 9.11. The van der Waals surface area contributed by atoms with Gasteiger partial charge in [-0.2, -0.15) is 4.21 Å². The van der Waals surface area contributed by atoms with Crippen LogP contribution in [0.25, 0.3) is 0 Å². The summed E-state index contributed by atoms with van der Waals surface area (Å²) >= 11 is 3.47. The first kappa shape index (κ1) is 16.4. The van der Waals surface area contributed by atoms with Crippen molar-refractivity contribution in [1.82, 2.24) is 0 Å². The zero-order valence-corrected chi connectivity index (χ0v) is 12.6. The molecule has 0 saturated carbocycles. The van der Waals surface area contributed by atoms with Crippen LogP contribution in [0.4, 0.5) is 0 Å². The number of rotatable bonds is 0. The van der Waals surface area contributed by atoms with Crippen LogP contribution in [0.2, 0.25) is 0 Å². The van der Waals surface area contributed by atoms with Gasteiger partial charge in [-0.25, -0.2) is 0 Å². The fraction of sp³-hybridized carbons (Fsp3) is 0. The molecule has 0 atom stereocenters. The Morgan fingerprint density at radius 2 is 1.57 bits per heavy atom. The van der Waals surface area contributed by atoms with Crippen LogP contribution in [0.3, 0.4) is 0 Å². The van der Waals surface area contributed by atoms with Gasteiger partial charge < -0.3 is 1.43 Å². The predicted molar refractivity (Wildman–Crippen MR) is 31.8 cm³/mol. The molecule has 0 spiro atoms. The van der Waals surface area contributed by atoms with Crippen molar-refractivity contribution >= 4 is 44.7 Å². The van der Waals surface area contributed by atoms with Crippen LogP contribution >= 0.6 is 0 Å². The third kappa shape index (κ3) is 52.8. The van der Waals surface area contributed by atoms with Gasteiger partial charge in [-0.05, 0) is 0 Å². The van der Waals surface area contributed by atoms with E-state index in [1.807, 2.05) is 0 Å². The van der Waals surface area contributed by atoms with E-state index in [4.69, 9.17) is 13.3 Å². The van der Waals surface area contributed by atoms with Gasteiger partial charge in [0.25, 0.3) is 9.05 Å². The van der Waals surface area contributed by atoms with Gasteiger partial charge in [-0.1, -0.05) is 0 Å². The molecule has 0 bridgehead atoms. The molecular weight excluding hydrogens is 273 g/mol. The van der Waals surface area contributed by atoms with Crippen molar-refractivity contribution < 1.29 is 66.1 Å². The zero-order valence-electron chi connectivity index (χ0n) is 4.83. The standard InChI is InChI=1S/K.H2O3S2.Sb.4H/c;1-5(2,3)4;;;;;/h;(H2,1,2,3,4);;;;;/q+1;;;;;;-1. The Hall–Kier alpha value is 2.74. The third-order valence-electron chi connectivity index (χ3n) is 0. The Morgan fingerprint density at radius 1 is 1.57 bits per heavy atom. The van der Waals surface area contributed by atoms with Crippen LogP contribution in [0, 0.1) is 0 Å². The van der Waals surface area contributed by atoms with Gasteiger partial charge >= 0.3 is 75.8 Å². The molecule has 2 N–H and O–H groups in total. The summed E-state index contributed by atoms with van der Waals surface area (Å²) in [7, 11) is -3.83. The van der Waals surface area contributed by atoms with Gasteiger partial charge in [0.05, 0.1) is 0 Å². The molecule has 0 fully saturated rings. The first-order valence-corrected chi connectivity index (χ1v) is 3.10. The average Bonchev–Trinajstić information content (AvgIpc) is 0.722. The molecule has 42 valence electrons. The van der Waals surface area contributed by atoms with Crippen LogP contribution in [-0.4, -0.2) is 37.7 Å². The summed E-state index contributed by atoms with van der Waals surface area (Å²) in [5, 5.41) is 0. The van der Waals surface area contributed by atoms with E-state index in [1.165, 1.54) is 0 Å². The van der Waals surface area contributed by atoms with Gasteiger partial charge in [0.15, 0.2) is 0 Å². The molecule has 0 heterocycles. The van der Waals surface area contributed by atoms with Gasteiger partial charge in [-0.3, -0.25) is 9.11 Å². The first-order chi connectivity index (χ1) is 2.00. The topological polar surface area (TPSA) is 57.5 Å². The van der Waals surface area contributed by atoms with E-state index in [-0.39, 0.29) is 77.2 Å². The molecule has 0 radical (unpaired) electrons. The molecule has 0 unspecified atom stereocenters. The second-order valence-electron chi connectivity index (χ2n) is 0.448. The zero-order chi connectivity index (χ0) is 4.50. The summed E-state index contributed by atoms with van der Waals surface area (Å²) < 4.78 is 24.0. The van der Waals surface area contributed by atoms with Crippen LogP contribution < -0.4 is 51.4 Å². The summed E-state index contributed by atoms with van der Waals surface area (Å²) in [5.41, 5.74) is 0. The SMILES string of the molecule is O=S(O)(O)=S.[H-].[K+].[SbH3]. The van der Waals surface area contributed by atoms with E-state index in [2.05, 4.69) is 11.2 Å². The van der Waals surface area contributed by atoms with E-state index >= 15 is 0 Å². The monoisotopic (exact) mass is 278 g/mol. The molecule has 7 heteroatoms. The van der Waals surface area contributed by atoms with E-state index in [9.17, 15) is 0 Å². The Balaban J connectivity index is -0.0000000267. The first-order valence-electron chi connectivity index (χ1n) is 0.698. The molecule has 0 amide bonds. The number of hydrogen-bond donors (Lipinski definition) is 2. The molecule has 0 aliphatic rings. The molecule has 0 aliphatic carbocycles. The van der Waals surface area contributed by atoms with Crippen molar-refractivity contribution in [2.24, 2.45) is 0 Å². The van der Waals surface area contributed by atoms with Crippen molar-refractivity contribution in [1.29, 1.82) is 0 Å². The summed E-state index contributed by atoms with van der Waals surface area (Å²) in [6.07, 6.45) is 0. The van der Waals surface area contributed by atoms with E-state index in [1.54, 1.807) is 0 Å². The molecular formula is H6KO3S2Sb. The fourth-order valence-corrected chi connectivity index (χ4v) is 0. The van der Waals surface area contributed by atoms with Gasteiger partial charge in [-0.15, -0.1) is 0 Å². The van der Waals surface area contributed by atoms with Crippen molar-refractivity contribution in [3.05, 3.63) is 0 Å². The number of hydrogen-bond acceptors (Lipinski definition) is 2. The summed E-state index contributed by atoms with van der Waals surface area (Å²) in [6.45, 7) is 0. The Labute approximate surface area is 108 Å². The van der Waals surface area contributed by atoms with Crippen LogP contribution in [-0.2, 0) is 20.2 Å². The van der Waals surface area contributed by atoms with Crippen LogP contribution in [0.1, 0.15) is 1.43 Å². The molecule has 0 aromatic carbocycles. The minimum atomic E-state index is -3.83. The van der Waals surface area contributed by atoms with Gasteiger partial charge in [0.2, 0.25) is 0 Å². The Kier molecular flexibility index (Phi) is 16.1. The molecule has 0 saturated heterocycles. The van der Waals surface area contributed by atoms with Crippen LogP contribution in [0.5, 0.6) is 0 Å². The van der Waals surface area contributed by atoms with Crippen LogP contribution in [0.15, 0.2) is 0 Å². The quantitative estimate of drug-likeness (QED) is 0.440. The molecule has 0 aliphatic heterocycles. The maximum atomic E-state index is 9.11. The second-order valence-corrected chi connectivity index (χ2v) is 2.65. The predicted octanol–water partition coefficient (Wildman–Crippen LogP) is -4.39. The Bertz CT molecular complexity index is 100. The molecule has 0 aromatic heterocycles. The molecule has 0 rings (SSSR count). The van der Waals surface area contributed by atoms with Gasteiger partial charge in [0.1, 0.15) is 0 Å². The fourth-order valence-electron chi connectivity index (χ4n) is 0. The Morgan fingerprint density at radius 3 is 1.57 bits per heavy atom. The minimum absolute atomic E-state index is 0. The summed E-state index contributed by atoms with van der Waals surface area (Å²) in [4.78, 5) is 0. The molecule has 3 nitrogen and oxygen atoms in total. The van der Waals surface area contributed by atoms with Crippen molar-refractivity contribution in [2.45, 2.75) is 0 Å². The average molecular weight is 279 g/mol. The molecule has 7 heavy (non-hydrogen) atoms. The van der Waals surface area contributed by atoms with Crippen molar-refractivity contribution in [3.63, 3.8) is 0 Å². The second kappa shape index (κ2) is 6.86.